The highest BCUT2D eigenvalue weighted by Gasteiger charge is 2.13. The van der Waals surface area contributed by atoms with Crippen molar-refractivity contribution in [1.29, 1.82) is 0 Å². The highest BCUT2D eigenvalue weighted by Crippen LogP contribution is 2.22. The van der Waals surface area contributed by atoms with Crippen LogP contribution in [0.4, 0.5) is 5.82 Å². The molecule has 0 aliphatic heterocycles. The van der Waals surface area contributed by atoms with Gasteiger partial charge in [-0.2, -0.15) is 0 Å². The Morgan fingerprint density at radius 2 is 1.70 bits per heavy atom. The normalized spacial score (nSPS) is 12.2. The lowest BCUT2D eigenvalue weighted by molar-refractivity contribution is 0.587. The Bertz CT molecular complexity index is 746. The summed E-state index contributed by atoms with van der Waals surface area (Å²) in [6.07, 6.45) is 1.34. The first-order chi connectivity index (χ1) is 10.7. The van der Waals surface area contributed by atoms with Crippen LogP contribution in [0.5, 0.6) is 0 Å². The summed E-state index contributed by atoms with van der Waals surface area (Å²) >= 11 is 0. The number of hydrogen-bond donors (Lipinski definition) is 2. The molecule has 0 aliphatic rings. The van der Waals surface area contributed by atoms with Gasteiger partial charge >= 0.3 is 0 Å². The SMILES string of the molecule is CNS(=O)(=O)c1ccc(NCc2ccc(C(C)(C)C)cc2)nc1. The Kier molecular flexibility index (Phi) is 5.06. The number of nitrogens with zero attached hydrogens (tertiary/aromatic N) is 1. The van der Waals surface area contributed by atoms with E-state index in [-0.39, 0.29) is 10.3 Å². The molecule has 0 fully saturated rings. The first kappa shape index (κ1) is 17.4. The topological polar surface area (TPSA) is 71.1 Å². The number of anilines is 1. The first-order valence-corrected chi connectivity index (χ1v) is 8.93. The number of hydrogen-bond acceptors (Lipinski definition) is 4. The van der Waals surface area contributed by atoms with Crippen molar-refractivity contribution in [2.24, 2.45) is 0 Å². The van der Waals surface area contributed by atoms with Crippen LogP contribution >= 0.6 is 0 Å². The minimum atomic E-state index is -3.44. The lowest BCUT2D eigenvalue weighted by atomic mass is 9.87. The zero-order chi connectivity index (χ0) is 17.1. The second kappa shape index (κ2) is 6.68. The van der Waals surface area contributed by atoms with E-state index < -0.39 is 10.0 Å². The summed E-state index contributed by atoms with van der Waals surface area (Å²) in [6, 6.07) is 11.6. The van der Waals surface area contributed by atoms with Gasteiger partial charge in [0.05, 0.1) is 0 Å². The van der Waals surface area contributed by atoms with Crippen LogP contribution < -0.4 is 10.0 Å². The highest BCUT2D eigenvalue weighted by atomic mass is 32.2. The van der Waals surface area contributed by atoms with Gasteiger partial charge in [-0.05, 0) is 35.7 Å². The molecule has 1 heterocycles. The minimum Gasteiger partial charge on any atom is -0.366 e. The first-order valence-electron chi connectivity index (χ1n) is 7.45. The third-order valence-electron chi connectivity index (χ3n) is 3.61. The fraction of sp³-hybridized carbons (Fsp3) is 0.353. The number of rotatable bonds is 5. The molecular weight excluding hydrogens is 310 g/mol. The van der Waals surface area contributed by atoms with Gasteiger partial charge in [-0.1, -0.05) is 45.0 Å². The average molecular weight is 333 g/mol. The van der Waals surface area contributed by atoms with E-state index in [0.717, 1.165) is 5.56 Å². The Balaban J connectivity index is 2.01. The zero-order valence-electron chi connectivity index (χ0n) is 13.9. The van der Waals surface area contributed by atoms with Crippen LogP contribution in [0.1, 0.15) is 31.9 Å². The minimum absolute atomic E-state index is 0.141. The summed E-state index contributed by atoms with van der Waals surface area (Å²) in [7, 11) is -2.06. The zero-order valence-corrected chi connectivity index (χ0v) is 14.7. The molecule has 124 valence electrons. The van der Waals surface area contributed by atoms with E-state index >= 15 is 0 Å². The van der Waals surface area contributed by atoms with Crippen LogP contribution in [0.25, 0.3) is 0 Å². The predicted octanol–water partition coefficient (Wildman–Crippen LogP) is 2.90. The van der Waals surface area contributed by atoms with Crippen molar-refractivity contribution >= 4 is 15.8 Å². The number of benzene rings is 1. The van der Waals surface area contributed by atoms with E-state index in [1.807, 2.05) is 0 Å². The predicted molar refractivity (Wildman–Crippen MR) is 93.0 cm³/mol. The fourth-order valence-corrected chi connectivity index (χ4v) is 2.75. The number of nitrogens with one attached hydrogen (secondary N) is 2. The summed E-state index contributed by atoms with van der Waals surface area (Å²) in [5.41, 5.74) is 2.58. The Labute approximate surface area is 138 Å². The monoisotopic (exact) mass is 333 g/mol. The number of pyridine rings is 1. The summed E-state index contributed by atoms with van der Waals surface area (Å²) in [4.78, 5) is 4.29. The molecule has 2 aromatic rings. The van der Waals surface area contributed by atoms with Crippen LogP contribution in [0.3, 0.4) is 0 Å². The summed E-state index contributed by atoms with van der Waals surface area (Å²) in [5.74, 6) is 0.639. The van der Waals surface area contributed by atoms with Gasteiger partial charge in [0.25, 0.3) is 0 Å². The van der Waals surface area contributed by atoms with Gasteiger partial charge in [0, 0.05) is 12.7 Å². The molecule has 5 nitrogen and oxygen atoms in total. The van der Waals surface area contributed by atoms with Crippen molar-refractivity contribution in [3.63, 3.8) is 0 Å². The maximum Gasteiger partial charge on any atom is 0.241 e. The Morgan fingerprint density at radius 1 is 1.04 bits per heavy atom. The third kappa shape index (κ3) is 4.53. The molecule has 0 spiro atoms. The van der Waals surface area contributed by atoms with Gasteiger partial charge in [0.15, 0.2) is 0 Å². The van der Waals surface area contributed by atoms with Gasteiger partial charge in [-0.3, -0.25) is 0 Å². The number of aromatic nitrogens is 1. The third-order valence-corrected chi connectivity index (χ3v) is 5.01. The summed E-state index contributed by atoms with van der Waals surface area (Å²) < 4.78 is 25.5. The van der Waals surface area contributed by atoms with Crippen molar-refractivity contribution in [2.45, 2.75) is 37.6 Å². The summed E-state index contributed by atoms with van der Waals surface area (Å²) in [5, 5.41) is 3.19. The van der Waals surface area contributed by atoms with E-state index in [1.54, 1.807) is 6.07 Å². The van der Waals surface area contributed by atoms with E-state index in [0.29, 0.717) is 12.4 Å². The van der Waals surface area contributed by atoms with Gasteiger partial charge in [0.1, 0.15) is 10.7 Å². The van der Waals surface area contributed by atoms with E-state index in [2.05, 4.69) is 60.1 Å². The van der Waals surface area contributed by atoms with Crippen LogP contribution in [-0.2, 0) is 22.0 Å². The van der Waals surface area contributed by atoms with Crippen LogP contribution in [0, 0.1) is 0 Å². The molecule has 6 heteroatoms. The van der Waals surface area contributed by atoms with E-state index in [4.69, 9.17) is 0 Å². The van der Waals surface area contributed by atoms with Gasteiger partial charge < -0.3 is 5.32 Å². The average Bonchev–Trinajstić information content (AvgIpc) is 2.53. The largest absolute Gasteiger partial charge is 0.366 e. The molecule has 2 rings (SSSR count). The molecule has 0 atom stereocenters. The highest BCUT2D eigenvalue weighted by molar-refractivity contribution is 7.89. The molecule has 0 amide bonds. The molecule has 1 aromatic heterocycles. The van der Waals surface area contributed by atoms with Gasteiger partial charge in [0.2, 0.25) is 10.0 Å². The van der Waals surface area contributed by atoms with Crippen molar-refractivity contribution in [1.82, 2.24) is 9.71 Å². The quantitative estimate of drug-likeness (QED) is 0.882. The molecule has 0 radical (unpaired) electrons. The lowest BCUT2D eigenvalue weighted by Gasteiger charge is -2.19. The maximum absolute atomic E-state index is 11.6. The van der Waals surface area contributed by atoms with Crippen molar-refractivity contribution < 1.29 is 8.42 Å². The fourth-order valence-electron chi connectivity index (χ4n) is 2.08. The molecule has 23 heavy (non-hydrogen) atoms. The van der Waals surface area contributed by atoms with Crippen molar-refractivity contribution in [3.05, 3.63) is 53.7 Å². The molecule has 2 N–H and O–H groups in total. The number of sulfonamides is 1. The molecule has 1 aromatic carbocycles. The lowest BCUT2D eigenvalue weighted by Crippen LogP contribution is -2.18. The Hall–Kier alpha value is -1.92. The van der Waals surface area contributed by atoms with Gasteiger partial charge in [-0.15, -0.1) is 0 Å². The van der Waals surface area contributed by atoms with Crippen LogP contribution in [0.15, 0.2) is 47.5 Å². The summed E-state index contributed by atoms with van der Waals surface area (Å²) in [6.45, 7) is 7.19. The molecule has 0 saturated carbocycles. The molecule has 0 saturated heterocycles. The molecular formula is C17H23N3O2S. The molecule has 0 aliphatic carbocycles. The van der Waals surface area contributed by atoms with Crippen molar-refractivity contribution in [2.75, 3.05) is 12.4 Å². The standard InChI is InChI=1S/C17H23N3O2S/c1-17(2,3)14-7-5-13(6-8-14)11-19-16-10-9-15(12-20-16)23(21,22)18-4/h5-10,12,18H,11H2,1-4H3,(H,19,20). The second-order valence-corrected chi connectivity index (χ2v) is 8.27. The smallest absolute Gasteiger partial charge is 0.241 e. The van der Waals surface area contributed by atoms with E-state index in [1.165, 1.54) is 24.9 Å². The maximum atomic E-state index is 11.6. The van der Waals surface area contributed by atoms with E-state index in [9.17, 15) is 8.42 Å². The van der Waals surface area contributed by atoms with Crippen LogP contribution in [0.2, 0.25) is 0 Å². The Morgan fingerprint density at radius 3 is 2.17 bits per heavy atom. The molecule has 0 bridgehead atoms. The molecule has 0 unspecified atom stereocenters. The van der Waals surface area contributed by atoms with Crippen LogP contribution in [-0.4, -0.2) is 20.4 Å². The van der Waals surface area contributed by atoms with Gasteiger partial charge in [-0.25, -0.2) is 18.1 Å². The van der Waals surface area contributed by atoms with Crippen molar-refractivity contribution in [3.8, 4) is 0 Å². The second-order valence-electron chi connectivity index (χ2n) is 6.39.